The SMILES string of the molecule is Cc1cccc2cc(Cn3nc(C(C)(C)O)c4c(N)ncnc43)n(-c3ccccc3)c(=O)c12. The number of fused-ring (bicyclic) bond motifs is 2. The molecule has 0 spiro atoms. The van der Waals surface area contributed by atoms with Crippen LogP contribution in [0, 0.1) is 6.92 Å². The molecule has 0 saturated carbocycles. The van der Waals surface area contributed by atoms with Crippen molar-refractivity contribution < 1.29 is 5.11 Å². The van der Waals surface area contributed by atoms with Crippen molar-refractivity contribution in [3.63, 3.8) is 0 Å². The van der Waals surface area contributed by atoms with Crippen molar-refractivity contribution in [3.05, 3.63) is 88.2 Å². The minimum Gasteiger partial charge on any atom is -0.384 e. The van der Waals surface area contributed by atoms with Gasteiger partial charge >= 0.3 is 0 Å². The van der Waals surface area contributed by atoms with Crippen molar-refractivity contribution >= 4 is 27.6 Å². The van der Waals surface area contributed by atoms with Crippen LogP contribution >= 0.6 is 0 Å². The van der Waals surface area contributed by atoms with E-state index >= 15 is 0 Å². The summed E-state index contributed by atoms with van der Waals surface area (Å²) in [4.78, 5) is 22.2. The molecule has 3 heterocycles. The lowest BCUT2D eigenvalue weighted by Crippen LogP contribution is -2.24. The van der Waals surface area contributed by atoms with Crippen molar-refractivity contribution in [2.24, 2.45) is 0 Å². The Kier molecular flexibility index (Phi) is 4.75. The van der Waals surface area contributed by atoms with E-state index in [-0.39, 0.29) is 17.9 Å². The Bertz CT molecular complexity index is 1560. The average Bonchev–Trinajstić information content (AvgIpc) is 3.15. The summed E-state index contributed by atoms with van der Waals surface area (Å²) in [6.07, 6.45) is 1.37. The van der Waals surface area contributed by atoms with E-state index in [0.29, 0.717) is 22.1 Å². The maximum atomic E-state index is 13.7. The van der Waals surface area contributed by atoms with Crippen LogP contribution in [0.1, 0.15) is 30.8 Å². The maximum Gasteiger partial charge on any atom is 0.263 e. The minimum absolute atomic E-state index is 0.0971. The zero-order valence-corrected chi connectivity index (χ0v) is 18.6. The fraction of sp³-hybridized carbons (Fsp3) is 0.200. The van der Waals surface area contributed by atoms with E-state index in [9.17, 15) is 9.90 Å². The molecule has 3 aromatic heterocycles. The number of benzene rings is 2. The van der Waals surface area contributed by atoms with Crippen LogP contribution in [0.3, 0.4) is 0 Å². The van der Waals surface area contributed by atoms with Crippen LogP contribution in [-0.2, 0) is 12.1 Å². The fourth-order valence-electron chi connectivity index (χ4n) is 4.29. The third-order valence-corrected chi connectivity index (χ3v) is 5.80. The average molecular weight is 441 g/mol. The normalized spacial score (nSPS) is 12.0. The van der Waals surface area contributed by atoms with Gasteiger partial charge in [-0.1, -0.05) is 36.4 Å². The van der Waals surface area contributed by atoms with Crippen molar-refractivity contribution in [2.75, 3.05) is 5.73 Å². The smallest absolute Gasteiger partial charge is 0.263 e. The van der Waals surface area contributed by atoms with Gasteiger partial charge in [-0.15, -0.1) is 0 Å². The first kappa shape index (κ1) is 20.8. The first-order valence-electron chi connectivity index (χ1n) is 10.6. The van der Waals surface area contributed by atoms with Gasteiger partial charge in [0, 0.05) is 11.4 Å². The maximum absolute atomic E-state index is 13.7. The van der Waals surface area contributed by atoms with Gasteiger partial charge in [-0.25, -0.2) is 14.6 Å². The number of hydrogen-bond donors (Lipinski definition) is 2. The number of aliphatic hydroxyl groups is 1. The highest BCUT2D eigenvalue weighted by Crippen LogP contribution is 2.30. The molecule has 8 heteroatoms. The van der Waals surface area contributed by atoms with E-state index in [1.54, 1.807) is 23.1 Å². The molecule has 5 aromatic rings. The summed E-state index contributed by atoms with van der Waals surface area (Å²) in [7, 11) is 0. The highest BCUT2D eigenvalue weighted by atomic mass is 16.3. The van der Waals surface area contributed by atoms with Crippen LogP contribution in [0.15, 0.2) is 65.7 Å². The molecular formula is C25H24N6O2. The summed E-state index contributed by atoms with van der Waals surface area (Å²) >= 11 is 0. The molecule has 0 amide bonds. The first-order chi connectivity index (χ1) is 15.8. The molecule has 0 saturated heterocycles. The largest absolute Gasteiger partial charge is 0.384 e. The standard InChI is InChI=1S/C25H24N6O2/c1-15-8-7-9-16-12-18(31(24(32)19(15)16)17-10-5-4-6-11-17)13-30-23-20(22(26)27-14-28-23)21(29-30)25(2,3)33/h4-12,14,33H,13H2,1-3H3,(H2,26,27,28). The zero-order chi connectivity index (χ0) is 23.3. The summed E-state index contributed by atoms with van der Waals surface area (Å²) in [5.41, 5.74) is 8.08. The number of hydrogen-bond acceptors (Lipinski definition) is 6. The van der Waals surface area contributed by atoms with Gasteiger partial charge in [-0.05, 0) is 49.9 Å². The van der Waals surface area contributed by atoms with E-state index in [1.807, 2.05) is 61.5 Å². The van der Waals surface area contributed by atoms with Gasteiger partial charge in [0.25, 0.3) is 5.56 Å². The summed E-state index contributed by atoms with van der Waals surface area (Å²) in [5.74, 6) is 0.248. The summed E-state index contributed by atoms with van der Waals surface area (Å²) < 4.78 is 3.37. The number of aromatic nitrogens is 5. The zero-order valence-electron chi connectivity index (χ0n) is 18.6. The molecule has 166 valence electrons. The van der Waals surface area contributed by atoms with E-state index < -0.39 is 5.60 Å². The fourth-order valence-corrected chi connectivity index (χ4v) is 4.29. The predicted octanol–water partition coefficient (Wildman–Crippen LogP) is 3.30. The van der Waals surface area contributed by atoms with Gasteiger partial charge in [0.15, 0.2) is 5.65 Å². The van der Waals surface area contributed by atoms with Crippen molar-refractivity contribution in [1.82, 2.24) is 24.3 Å². The number of nitrogen functional groups attached to an aromatic ring is 1. The van der Waals surface area contributed by atoms with Gasteiger partial charge in [-0.3, -0.25) is 9.36 Å². The monoisotopic (exact) mass is 440 g/mol. The third kappa shape index (κ3) is 3.44. The molecule has 33 heavy (non-hydrogen) atoms. The van der Waals surface area contributed by atoms with Crippen LogP contribution < -0.4 is 11.3 Å². The topological polar surface area (TPSA) is 112 Å². The Morgan fingerprint density at radius 1 is 1.03 bits per heavy atom. The summed E-state index contributed by atoms with van der Waals surface area (Å²) in [6.45, 7) is 5.47. The number of anilines is 1. The molecule has 2 aromatic carbocycles. The van der Waals surface area contributed by atoms with Gasteiger partial charge in [0.05, 0.1) is 17.3 Å². The second-order valence-electron chi connectivity index (χ2n) is 8.67. The second-order valence-corrected chi connectivity index (χ2v) is 8.67. The quantitative estimate of drug-likeness (QED) is 0.444. The van der Waals surface area contributed by atoms with E-state index in [2.05, 4.69) is 15.1 Å². The number of nitrogens with zero attached hydrogens (tertiary/aromatic N) is 5. The predicted molar refractivity (Wildman–Crippen MR) is 128 cm³/mol. The van der Waals surface area contributed by atoms with Gasteiger partial charge in [0.1, 0.15) is 23.4 Å². The Balaban J connectivity index is 1.80. The van der Waals surface area contributed by atoms with Gasteiger partial charge in [-0.2, -0.15) is 5.10 Å². The number of pyridine rings is 1. The summed E-state index contributed by atoms with van der Waals surface area (Å²) in [6, 6.07) is 17.3. The molecule has 0 unspecified atom stereocenters. The first-order valence-corrected chi connectivity index (χ1v) is 10.6. The van der Waals surface area contributed by atoms with Gasteiger partial charge < -0.3 is 10.8 Å². The number of rotatable bonds is 4. The lowest BCUT2D eigenvalue weighted by molar-refractivity contribution is 0.0746. The Morgan fingerprint density at radius 2 is 1.79 bits per heavy atom. The summed E-state index contributed by atoms with van der Waals surface area (Å²) in [5, 5.41) is 17.4. The molecule has 0 bridgehead atoms. The number of para-hydroxylation sites is 1. The molecule has 0 aliphatic rings. The second kappa shape index (κ2) is 7.53. The number of aryl methyl sites for hydroxylation is 1. The molecule has 5 rings (SSSR count). The minimum atomic E-state index is -1.25. The molecule has 0 radical (unpaired) electrons. The van der Waals surface area contributed by atoms with E-state index in [0.717, 1.165) is 22.3 Å². The molecule has 8 nitrogen and oxygen atoms in total. The Hall–Kier alpha value is -4.04. The van der Waals surface area contributed by atoms with Crippen LogP contribution in [0.4, 0.5) is 5.82 Å². The van der Waals surface area contributed by atoms with Crippen molar-refractivity contribution in [1.29, 1.82) is 0 Å². The molecule has 0 aliphatic heterocycles. The third-order valence-electron chi connectivity index (χ3n) is 5.80. The van der Waals surface area contributed by atoms with Crippen molar-refractivity contribution in [3.8, 4) is 5.69 Å². The van der Waals surface area contributed by atoms with Crippen molar-refractivity contribution in [2.45, 2.75) is 32.9 Å². The van der Waals surface area contributed by atoms with E-state index in [1.165, 1.54) is 6.33 Å². The molecule has 0 atom stereocenters. The Morgan fingerprint density at radius 3 is 2.52 bits per heavy atom. The lowest BCUT2D eigenvalue weighted by atomic mass is 10.0. The highest BCUT2D eigenvalue weighted by molar-refractivity contribution is 5.89. The van der Waals surface area contributed by atoms with Crippen LogP contribution in [0.5, 0.6) is 0 Å². The number of nitrogens with two attached hydrogens (primary N) is 1. The molecule has 3 N–H and O–H groups in total. The Labute approximate surface area is 190 Å². The van der Waals surface area contributed by atoms with Gasteiger partial charge in [0.2, 0.25) is 0 Å². The highest BCUT2D eigenvalue weighted by Gasteiger charge is 2.27. The van der Waals surface area contributed by atoms with Crippen LogP contribution in [0.25, 0.3) is 27.5 Å². The molecule has 0 aliphatic carbocycles. The molecule has 0 fully saturated rings. The van der Waals surface area contributed by atoms with Crippen LogP contribution in [-0.4, -0.2) is 29.4 Å². The lowest BCUT2D eigenvalue weighted by Gasteiger charge is -2.16. The molecular weight excluding hydrogens is 416 g/mol. The van der Waals surface area contributed by atoms with Crippen LogP contribution in [0.2, 0.25) is 0 Å². The van der Waals surface area contributed by atoms with E-state index in [4.69, 9.17) is 5.73 Å².